The summed E-state index contributed by atoms with van der Waals surface area (Å²) in [5.41, 5.74) is -0.722. The molecule has 96 valence electrons. The minimum absolute atomic E-state index is 0.0104. The predicted molar refractivity (Wildman–Crippen MR) is 57.0 cm³/mol. The van der Waals surface area contributed by atoms with E-state index in [2.05, 4.69) is 9.72 Å². The van der Waals surface area contributed by atoms with Crippen molar-refractivity contribution in [2.45, 2.75) is 13.2 Å². The van der Waals surface area contributed by atoms with Crippen LogP contribution in [0.5, 0.6) is 0 Å². The van der Waals surface area contributed by atoms with Crippen molar-refractivity contribution in [1.29, 1.82) is 0 Å². The van der Waals surface area contributed by atoms with E-state index in [1.54, 1.807) is 0 Å². The molecule has 4 nitrogen and oxygen atoms in total. The van der Waals surface area contributed by atoms with E-state index in [1.807, 2.05) is 0 Å². The highest BCUT2D eigenvalue weighted by Crippen LogP contribution is 2.31. The highest BCUT2D eigenvalue weighted by molar-refractivity contribution is 5.95. The van der Waals surface area contributed by atoms with Gasteiger partial charge in [0, 0.05) is 11.6 Å². The smallest absolute Gasteiger partial charge is 0.461 e. The number of esters is 1. The van der Waals surface area contributed by atoms with Gasteiger partial charge in [-0.15, -0.1) is 13.2 Å². The van der Waals surface area contributed by atoms with Gasteiger partial charge in [-0.2, -0.15) is 0 Å². The van der Waals surface area contributed by atoms with Crippen molar-refractivity contribution in [2.75, 3.05) is 6.61 Å². The monoisotopic (exact) mass is 258 g/mol. The third-order valence-corrected chi connectivity index (χ3v) is 2.34. The maximum Gasteiger partial charge on any atom is 0.489 e. The maximum absolute atomic E-state index is 12.9. The molecule has 18 heavy (non-hydrogen) atoms. The van der Waals surface area contributed by atoms with Gasteiger partial charge in [0.25, 0.3) is 0 Å². The van der Waals surface area contributed by atoms with Crippen LogP contribution in [0.1, 0.15) is 17.4 Å². The molecule has 0 atom stereocenters. The molecule has 7 heteroatoms. The summed E-state index contributed by atoms with van der Waals surface area (Å²) < 4.78 is 43.4. The minimum atomic E-state index is -4.70. The van der Waals surface area contributed by atoms with Gasteiger partial charge in [-0.05, 0) is 19.1 Å². The van der Waals surface area contributed by atoms with Crippen LogP contribution in [-0.4, -0.2) is 22.1 Å². The Morgan fingerprint density at radius 1 is 1.50 bits per heavy atom. The van der Waals surface area contributed by atoms with Crippen LogP contribution in [0, 0.1) is 0 Å². The number of hydrogen-bond acceptors (Lipinski definition) is 3. The Morgan fingerprint density at radius 2 is 2.22 bits per heavy atom. The number of halogens is 3. The number of aromatic nitrogens is 2. The molecule has 2 aromatic rings. The van der Waals surface area contributed by atoms with E-state index in [9.17, 15) is 18.0 Å². The molecule has 2 aromatic heterocycles. The molecular formula is C11H9F3N2O2. The summed E-state index contributed by atoms with van der Waals surface area (Å²) >= 11 is 0. The van der Waals surface area contributed by atoms with Gasteiger partial charge in [-0.3, -0.25) is 4.98 Å². The van der Waals surface area contributed by atoms with E-state index in [4.69, 9.17) is 0 Å². The average Bonchev–Trinajstić information content (AvgIpc) is 2.68. The molecule has 0 aliphatic carbocycles. The van der Waals surface area contributed by atoms with E-state index in [-0.39, 0.29) is 22.1 Å². The topological polar surface area (TPSA) is 44.1 Å². The highest BCUT2D eigenvalue weighted by Gasteiger charge is 2.36. The summed E-state index contributed by atoms with van der Waals surface area (Å²) in [5.74, 6) is -1.01. The fourth-order valence-electron chi connectivity index (χ4n) is 1.68. The summed E-state index contributed by atoms with van der Waals surface area (Å²) in [6.07, 6.45) is -2.28. The SMILES string of the molecule is CCOC(=O)c1cc2ccncc2n1C(F)(F)F. The highest BCUT2D eigenvalue weighted by atomic mass is 19.4. The molecule has 0 spiro atoms. The Morgan fingerprint density at radius 3 is 2.83 bits per heavy atom. The Bertz CT molecular complexity index is 589. The molecule has 2 rings (SSSR count). The Balaban J connectivity index is 2.68. The van der Waals surface area contributed by atoms with Crippen LogP contribution in [0.2, 0.25) is 0 Å². The summed E-state index contributed by atoms with van der Waals surface area (Å²) in [5, 5.41) is 0.283. The van der Waals surface area contributed by atoms with Crippen molar-refractivity contribution in [3.05, 3.63) is 30.2 Å². The van der Waals surface area contributed by atoms with Crippen molar-refractivity contribution < 1.29 is 22.7 Å². The van der Waals surface area contributed by atoms with Crippen LogP contribution in [0.15, 0.2) is 24.5 Å². The summed E-state index contributed by atoms with van der Waals surface area (Å²) in [7, 11) is 0. The first-order valence-corrected chi connectivity index (χ1v) is 5.15. The lowest BCUT2D eigenvalue weighted by molar-refractivity contribution is -0.201. The zero-order chi connectivity index (χ0) is 13.3. The van der Waals surface area contributed by atoms with E-state index < -0.39 is 18.0 Å². The molecule has 0 N–H and O–H groups in total. The quantitative estimate of drug-likeness (QED) is 0.778. The van der Waals surface area contributed by atoms with Gasteiger partial charge in [0.2, 0.25) is 0 Å². The number of hydrogen-bond donors (Lipinski definition) is 0. The molecule has 0 aliphatic rings. The third-order valence-electron chi connectivity index (χ3n) is 2.34. The standard InChI is InChI=1S/C11H9F3N2O2/c1-2-18-10(17)8-5-7-3-4-15-6-9(7)16(8)11(12,13)14/h3-6H,2H2,1H3. The molecule has 0 saturated heterocycles. The zero-order valence-corrected chi connectivity index (χ0v) is 9.36. The molecule has 2 heterocycles. The van der Waals surface area contributed by atoms with Gasteiger partial charge < -0.3 is 4.74 Å². The molecule has 0 amide bonds. The van der Waals surface area contributed by atoms with Crippen LogP contribution in [0.25, 0.3) is 10.9 Å². The lowest BCUT2D eigenvalue weighted by atomic mass is 10.3. The van der Waals surface area contributed by atoms with Crippen LogP contribution in [0.3, 0.4) is 0 Å². The summed E-state index contributed by atoms with van der Waals surface area (Å²) in [4.78, 5) is 15.2. The van der Waals surface area contributed by atoms with Crippen LogP contribution in [0.4, 0.5) is 13.2 Å². The Kier molecular flexibility index (Phi) is 2.98. The van der Waals surface area contributed by atoms with Gasteiger partial charge in [-0.1, -0.05) is 0 Å². The number of rotatable bonds is 2. The van der Waals surface area contributed by atoms with Crippen molar-refractivity contribution in [3.63, 3.8) is 0 Å². The zero-order valence-electron chi connectivity index (χ0n) is 9.36. The fourth-order valence-corrected chi connectivity index (χ4v) is 1.68. The summed E-state index contributed by atoms with van der Waals surface area (Å²) in [6, 6.07) is 2.54. The molecule has 0 saturated carbocycles. The van der Waals surface area contributed by atoms with Gasteiger partial charge >= 0.3 is 12.3 Å². The fraction of sp³-hybridized carbons (Fsp3) is 0.273. The second kappa shape index (κ2) is 4.32. The normalized spacial score (nSPS) is 11.8. The van der Waals surface area contributed by atoms with Crippen molar-refractivity contribution in [2.24, 2.45) is 0 Å². The first-order chi connectivity index (χ1) is 8.45. The third kappa shape index (κ3) is 2.03. The Hall–Kier alpha value is -2.05. The number of alkyl halides is 3. The molecule has 0 unspecified atom stereocenters. The van der Waals surface area contributed by atoms with Crippen molar-refractivity contribution >= 4 is 16.9 Å². The van der Waals surface area contributed by atoms with Gasteiger partial charge in [0.15, 0.2) is 0 Å². The largest absolute Gasteiger partial charge is 0.489 e. The van der Waals surface area contributed by atoms with Crippen LogP contribution >= 0.6 is 0 Å². The lowest BCUT2D eigenvalue weighted by Crippen LogP contribution is -2.22. The number of pyridine rings is 1. The van der Waals surface area contributed by atoms with E-state index in [1.165, 1.54) is 19.2 Å². The van der Waals surface area contributed by atoms with E-state index >= 15 is 0 Å². The number of nitrogens with zero attached hydrogens (tertiary/aromatic N) is 2. The first-order valence-electron chi connectivity index (χ1n) is 5.15. The van der Waals surface area contributed by atoms with E-state index in [0.29, 0.717) is 0 Å². The molecule has 0 radical (unpaired) electrons. The maximum atomic E-state index is 12.9. The number of ether oxygens (including phenoxy) is 1. The molecule has 0 aromatic carbocycles. The molecule has 0 aliphatic heterocycles. The predicted octanol–water partition coefficient (Wildman–Crippen LogP) is 2.69. The van der Waals surface area contributed by atoms with Gasteiger partial charge in [0.05, 0.1) is 18.3 Å². The van der Waals surface area contributed by atoms with Gasteiger partial charge in [-0.25, -0.2) is 9.36 Å². The first kappa shape index (κ1) is 12.4. The van der Waals surface area contributed by atoms with E-state index in [0.717, 1.165) is 12.3 Å². The van der Waals surface area contributed by atoms with Crippen molar-refractivity contribution in [3.8, 4) is 0 Å². The van der Waals surface area contributed by atoms with Crippen LogP contribution in [-0.2, 0) is 11.0 Å². The lowest BCUT2D eigenvalue weighted by Gasteiger charge is -2.12. The molecule has 0 bridgehead atoms. The second-order valence-electron chi connectivity index (χ2n) is 3.49. The average molecular weight is 258 g/mol. The number of carbonyl (C=O) groups is 1. The Labute approximate surface area is 100.0 Å². The number of carbonyl (C=O) groups excluding carboxylic acids is 1. The van der Waals surface area contributed by atoms with Crippen LogP contribution < -0.4 is 0 Å². The van der Waals surface area contributed by atoms with Gasteiger partial charge in [0.1, 0.15) is 5.69 Å². The molecular weight excluding hydrogens is 249 g/mol. The number of fused-ring (bicyclic) bond motifs is 1. The summed E-state index contributed by atoms with van der Waals surface area (Å²) in [6.45, 7) is 1.54. The molecule has 0 fully saturated rings. The van der Waals surface area contributed by atoms with Crippen molar-refractivity contribution in [1.82, 2.24) is 9.55 Å². The minimum Gasteiger partial charge on any atom is -0.461 e. The second-order valence-corrected chi connectivity index (χ2v) is 3.49.